The van der Waals surface area contributed by atoms with Gasteiger partial charge < -0.3 is 9.13 Å². The number of benzene rings is 22. The number of nitrogens with zero attached hydrogens (tertiary/aromatic N) is 2. The standard InChI is InChI=1S/2C66H43NS/c1-5-15-44(16-6-1)47-27-29-48(30-28-47)54-37-55(39-56(38-54)53-33-36-65-62(43-53)59-26-14-25-58(66(59)68-65)49-21-11-4-12-22-49)52-32-35-64-61(42-52)60-41-51(46-19-9-3-10-20-46)31-34-63(60)67(64)57-24-13-23-50(40-57)45-17-7-2-8-18-45;1-5-14-44(15-6-1)47-24-26-49(27-25-47)54-38-55(40-56(39-54)53-32-37-65-62(43-53)59-23-13-22-58(66(59)68-65)50-20-11-4-12-21-50)52-31-36-64-61(42-52)60-41-51(46-18-9-3-10-19-46)30-35-63(60)67(64)57-33-28-48(29-34-57)45-16-7-2-8-17-45/h2*1-43H. The summed E-state index contributed by atoms with van der Waals surface area (Å²) in [5, 5.41) is 10.1. The molecule has 0 atom stereocenters. The highest BCUT2D eigenvalue weighted by Crippen LogP contribution is 2.49. The maximum atomic E-state index is 2.44. The molecular formula is C132H86N2S2. The lowest BCUT2D eigenvalue weighted by molar-refractivity contribution is 1.18. The molecule has 0 saturated carbocycles. The topological polar surface area (TPSA) is 9.86 Å². The van der Waals surface area contributed by atoms with Crippen LogP contribution < -0.4 is 0 Å². The Bertz CT molecular complexity index is 8990. The van der Waals surface area contributed by atoms with Crippen molar-refractivity contribution in [1.82, 2.24) is 9.13 Å². The number of hydrogen-bond acceptors (Lipinski definition) is 2. The maximum absolute atomic E-state index is 2.44. The fourth-order valence-electron chi connectivity index (χ4n) is 20.3. The van der Waals surface area contributed by atoms with Crippen LogP contribution in [0.4, 0.5) is 0 Å². The van der Waals surface area contributed by atoms with E-state index < -0.39 is 0 Å². The first kappa shape index (κ1) is 80.9. The Morgan fingerprint density at radius 2 is 0.331 bits per heavy atom. The van der Waals surface area contributed by atoms with Crippen molar-refractivity contribution in [3.8, 4) is 167 Å². The highest BCUT2D eigenvalue weighted by molar-refractivity contribution is 7.26. The van der Waals surface area contributed by atoms with Gasteiger partial charge in [-0.3, -0.25) is 0 Å². The van der Waals surface area contributed by atoms with Crippen molar-refractivity contribution in [3.63, 3.8) is 0 Å². The van der Waals surface area contributed by atoms with E-state index >= 15 is 0 Å². The predicted molar refractivity (Wildman–Crippen MR) is 583 cm³/mol. The summed E-state index contributed by atoms with van der Waals surface area (Å²) in [4.78, 5) is 0. The Morgan fingerprint density at radius 3 is 0.647 bits per heavy atom. The molecule has 136 heavy (non-hydrogen) atoms. The van der Waals surface area contributed by atoms with Gasteiger partial charge in [0.2, 0.25) is 0 Å². The molecule has 0 aliphatic heterocycles. The summed E-state index contributed by atoms with van der Waals surface area (Å²) in [7, 11) is 0. The van der Waals surface area contributed by atoms with Crippen LogP contribution in [0.3, 0.4) is 0 Å². The van der Waals surface area contributed by atoms with Crippen molar-refractivity contribution >= 4 is 107 Å². The molecule has 0 unspecified atom stereocenters. The van der Waals surface area contributed by atoms with Crippen molar-refractivity contribution in [3.05, 3.63) is 522 Å². The summed E-state index contributed by atoms with van der Waals surface area (Å²) < 4.78 is 10.1. The van der Waals surface area contributed by atoms with E-state index in [4.69, 9.17) is 0 Å². The highest BCUT2D eigenvalue weighted by atomic mass is 32.1. The minimum absolute atomic E-state index is 1.14. The first-order valence-corrected chi connectivity index (χ1v) is 48.2. The Balaban J connectivity index is 0.000000145. The van der Waals surface area contributed by atoms with Gasteiger partial charge in [-0.05, 0) is 289 Å². The molecule has 0 spiro atoms. The van der Waals surface area contributed by atoms with Gasteiger partial charge in [-0.2, -0.15) is 0 Å². The fourth-order valence-corrected chi connectivity index (χ4v) is 22.8. The second-order valence-electron chi connectivity index (χ2n) is 35.4. The normalized spacial score (nSPS) is 11.5. The molecule has 4 aromatic heterocycles. The Labute approximate surface area is 798 Å². The van der Waals surface area contributed by atoms with Crippen LogP contribution in [-0.2, 0) is 0 Å². The van der Waals surface area contributed by atoms with E-state index in [2.05, 4.69) is 531 Å². The van der Waals surface area contributed by atoms with Gasteiger partial charge in [0.25, 0.3) is 0 Å². The van der Waals surface area contributed by atoms with Crippen molar-refractivity contribution in [1.29, 1.82) is 0 Å². The van der Waals surface area contributed by atoms with Crippen LogP contribution in [0.5, 0.6) is 0 Å². The van der Waals surface area contributed by atoms with E-state index in [0.717, 1.165) is 11.4 Å². The second kappa shape index (κ2) is 34.9. The second-order valence-corrected chi connectivity index (χ2v) is 37.5. The van der Waals surface area contributed by atoms with Gasteiger partial charge in [0.1, 0.15) is 0 Å². The fraction of sp³-hybridized carbons (Fsp3) is 0. The zero-order chi connectivity index (χ0) is 89.9. The molecule has 0 aliphatic carbocycles. The van der Waals surface area contributed by atoms with E-state index in [1.54, 1.807) is 0 Å². The lowest BCUT2D eigenvalue weighted by Crippen LogP contribution is -1.94. The van der Waals surface area contributed by atoms with Gasteiger partial charge in [0.05, 0.1) is 22.1 Å². The van der Waals surface area contributed by atoms with E-state index in [1.807, 2.05) is 22.7 Å². The molecule has 0 amide bonds. The quantitative estimate of drug-likeness (QED) is 0.0912. The van der Waals surface area contributed by atoms with Crippen molar-refractivity contribution < 1.29 is 0 Å². The zero-order valence-electron chi connectivity index (χ0n) is 74.4. The van der Waals surface area contributed by atoms with E-state index in [0.29, 0.717) is 0 Å². The zero-order valence-corrected chi connectivity index (χ0v) is 76.0. The molecule has 22 aromatic carbocycles. The molecule has 636 valence electrons. The average Bonchev–Trinajstić information content (AvgIpc) is 1.58. The predicted octanol–water partition coefficient (Wildman–Crippen LogP) is 37.6. The third-order valence-corrected chi connectivity index (χ3v) is 29.6. The summed E-state index contributed by atoms with van der Waals surface area (Å²) in [5.74, 6) is 0. The smallest absolute Gasteiger partial charge is 0.0541 e. The minimum atomic E-state index is 1.14. The monoisotopic (exact) mass is 1760 g/mol. The van der Waals surface area contributed by atoms with E-state index in [-0.39, 0.29) is 0 Å². The molecule has 0 radical (unpaired) electrons. The van der Waals surface area contributed by atoms with Gasteiger partial charge in [0, 0.05) is 73.3 Å². The third kappa shape index (κ3) is 15.2. The van der Waals surface area contributed by atoms with Crippen LogP contribution in [0.2, 0.25) is 0 Å². The minimum Gasteiger partial charge on any atom is -0.309 e. The summed E-state index contributed by atoms with van der Waals surface area (Å²) in [5.41, 5.74) is 40.8. The molecule has 0 bridgehead atoms. The van der Waals surface area contributed by atoms with Crippen LogP contribution in [0.1, 0.15) is 0 Å². The first-order chi connectivity index (χ1) is 67.4. The molecule has 2 nitrogen and oxygen atoms in total. The van der Waals surface area contributed by atoms with Crippen LogP contribution >= 0.6 is 22.7 Å². The maximum Gasteiger partial charge on any atom is 0.0541 e. The molecule has 4 heterocycles. The number of rotatable bonds is 16. The molecule has 0 saturated heterocycles. The first-order valence-electron chi connectivity index (χ1n) is 46.6. The number of hydrogen-bond donors (Lipinski definition) is 0. The summed E-state index contributed by atoms with van der Waals surface area (Å²) in [6, 6.07) is 192. The van der Waals surface area contributed by atoms with Crippen LogP contribution in [0, 0.1) is 0 Å². The van der Waals surface area contributed by atoms with E-state index in [9.17, 15) is 0 Å². The number of aromatic nitrogens is 2. The summed E-state index contributed by atoms with van der Waals surface area (Å²) >= 11 is 3.77. The lowest BCUT2D eigenvalue weighted by Gasteiger charge is -2.13. The summed E-state index contributed by atoms with van der Waals surface area (Å²) in [6.07, 6.45) is 0. The Hall–Kier alpha value is -17.1. The van der Waals surface area contributed by atoms with Gasteiger partial charge in [-0.25, -0.2) is 0 Å². The van der Waals surface area contributed by atoms with Crippen molar-refractivity contribution in [2.75, 3.05) is 0 Å². The molecule has 0 N–H and O–H groups in total. The van der Waals surface area contributed by atoms with Gasteiger partial charge in [-0.15, -0.1) is 22.7 Å². The van der Waals surface area contributed by atoms with Gasteiger partial charge in [-0.1, -0.05) is 388 Å². The van der Waals surface area contributed by atoms with E-state index in [1.165, 1.54) is 240 Å². The SMILES string of the molecule is c1ccc(-c2ccc(-c3cc(-c4ccc5sc6c(-c7ccccc7)cccc6c5c4)cc(-c4ccc5c(c4)c4cc(-c6ccccc6)ccc4n5-c4ccc(-c5ccccc5)cc4)c3)cc2)cc1.c1ccc(-c2ccc(-c3cc(-c4ccc5sc6c(-c7ccccc7)cccc6c5c4)cc(-c4ccc5c(c4)c4cc(-c6ccccc6)ccc4n5-c4cccc(-c5ccccc5)c4)c3)cc2)cc1. The van der Waals surface area contributed by atoms with Crippen molar-refractivity contribution in [2.24, 2.45) is 0 Å². The van der Waals surface area contributed by atoms with Crippen LogP contribution in [0.15, 0.2) is 522 Å². The Kier molecular flexibility index (Phi) is 20.8. The number of thiophene rings is 2. The van der Waals surface area contributed by atoms with Gasteiger partial charge in [0.15, 0.2) is 0 Å². The lowest BCUT2D eigenvalue weighted by atomic mass is 9.91. The largest absolute Gasteiger partial charge is 0.309 e. The highest BCUT2D eigenvalue weighted by Gasteiger charge is 2.23. The molecular weight excluding hydrogens is 1680 g/mol. The third-order valence-electron chi connectivity index (χ3n) is 27.2. The molecule has 4 heteroatoms. The number of fused-ring (bicyclic) bond motifs is 12. The average molecular weight is 1760 g/mol. The van der Waals surface area contributed by atoms with Crippen LogP contribution in [-0.4, -0.2) is 9.13 Å². The summed E-state index contributed by atoms with van der Waals surface area (Å²) in [6.45, 7) is 0. The molecule has 0 fully saturated rings. The molecule has 26 rings (SSSR count). The van der Waals surface area contributed by atoms with Crippen molar-refractivity contribution in [2.45, 2.75) is 0 Å². The molecule has 26 aromatic rings. The molecule has 0 aliphatic rings. The van der Waals surface area contributed by atoms with Gasteiger partial charge >= 0.3 is 0 Å². The Morgan fingerprint density at radius 1 is 0.118 bits per heavy atom. The van der Waals surface area contributed by atoms with Crippen LogP contribution in [0.25, 0.3) is 251 Å².